The molecule has 7 nitrogen and oxygen atoms in total. The van der Waals surface area contributed by atoms with Gasteiger partial charge < -0.3 is 14.5 Å². The smallest absolute Gasteiger partial charge is 0.339 e. The number of benzene rings is 1. The van der Waals surface area contributed by atoms with Crippen LogP contribution in [-0.4, -0.2) is 22.3 Å². The zero-order valence-electron chi connectivity index (χ0n) is 15.6. The van der Waals surface area contributed by atoms with Crippen molar-refractivity contribution in [2.75, 3.05) is 11.9 Å². The molecule has 0 saturated carbocycles. The molecule has 27 heavy (non-hydrogen) atoms. The number of aromatic nitrogens is 2. The van der Waals surface area contributed by atoms with Gasteiger partial charge in [0.2, 0.25) is 0 Å². The van der Waals surface area contributed by atoms with E-state index in [0.29, 0.717) is 17.2 Å². The second-order valence-electron chi connectivity index (χ2n) is 6.90. The van der Waals surface area contributed by atoms with E-state index in [2.05, 4.69) is 10.4 Å². The second kappa shape index (κ2) is 6.57. The number of rotatable bonds is 4. The molecule has 1 N–H and O–H groups in total. The minimum Gasteiger partial charge on any atom is -0.483 e. The van der Waals surface area contributed by atoms with Crippen molar-refractivity contribution in [1.29, 1.82) is 0 Å². The first-order valence-electron chi connectivity index (χ1n) is 8.95. The number of aryl methyl sites for hydroxylation is 4. The molecule has 1 aliphatic carbocycles. The SMILES string of the molecule is Cc1cc(NC(=O)COc2ccc3c4c(c(=O)oc3c2C)CCC4)n(C)n1. The highest BCUT2D eigenvalue weighted by Crippen LogP contribution is 2.32. The lowest BCUT2D eigenvalue weighted by Crippen LogP contribution is -2.21. The standard InChI is InChI=1S/C20H21N3O4/c1-11-9-17(23(3)22-11)21-18(24)10-26-16-8-7-14-13-5-4-6-15(13)20(25)27-19(14)12(16)2/h7-9H,4-6,10H2,1-3H3,(H,21,24). The van der Waals surface area contributed by atoms with Crippen LogP contribution < -0.4 is 15.7 Å². The number of fused-ring (bicyclic) bond motifs is 3. The molecule has 1 aromatic carbocycles. The Morgan fingerprint density at radius 2 is 2.07 bits per heavy atom. The summed E-state index contributed by atoms with van der Waals surface area (Å²) in [5, 5.41) is 7.91. The van der Waals surface area contributed by atoms with Crippen molar-refractivity contribution >= 4 is 22.7 Å². The van der Waals surface area contributed by atoms with Crippen molar-refractivity contribution in [3.63, 3.8) is 0 Å². The highest BCUT2D eigenvalue weighted by molar-refractivity contribution is 5.91. The lowest BCUT2D eigenvalue weighted by atomic mass is 10.0. The molecule has 0 radical (unpaired) electrons. The fourth-order valence-corrected chi connectivity index (χ4v) is 3.67. The zero-order valence-corrected chi connectivity index (χ0v) is 15.6. The van der Waals surface area contributed by atoms with Crippen LogP contribution in [0.5, 0.6) is 5.75 Å². The molecular formula is C20H21N3O4. The fraction of sp³-hybridized carbons (Fsp3) is 0.350. The van der Waals surface area contributed by atoms with Crippen molar-refractivity contribution in [3.05, 3.63) is 51.0 Å². The van der Waals surface area contributed by atoms with E-state index in [1.54, 1.807) is 17.8 Å². The molecule has 0 saturated heterocycles. The molecule has 0 bridgehead atoms. The number of hydrogen-bond donors (Lipinski definition) is 1. The van der Waals surface area contributed by atoms with Crippen molar-refractivity contribution < 1.29 is 13.9 Å². The number of nitrogens with one attached hydrogen (secondary N) is 1. The Labute approximate surface area is 155 Å². The molecule has 1 amide bonds. The van der Waals surface area contributed by atoms with Crippen molar-refractivity contribution in [2.24, 2.45) is 7.05 Å². The zero-order chi connectivity index (χ0) is 19.1. The number of carbonyl (C=O) groups excluding carboxylic acids is 1. The molecule has 0 fully saturated rings. The normalized spacial score (nSPS) is 13.0. The van der Waals surface area contributed by atoms with Gasteiger partial charge in [-0.1, -0.05) is 0 Å². The maximum atomic E-state index is 12.2. The minimum absolute atomic E-state index is 0.147. The summed E-state index contributed by atoms with van der Waals surface area (Å²) in [6.07, 6.45) is 2.65. The molecule has 140 valence electrons. The summed E-state index contributed by atoms with van der Waals surface area (Å²) in [4.78, 5) is 24.4. The van der Waals surface area contributed by atoms with Crippen LogP contribution in [0.2, 0.25) is 0 Å². The lowest BCUT2D eigenvalue weighted by Gasteiger charge is -2.12. The molecule has 7 heteroatoms. The number of amides is 1. The number of carbonyl (C=O) groups is 1. The van der Waals surface area contributed by atoms with Gasteiger partial charge in [-0.25, -0.2) is 4.79 Å². The molecule has 4 rings (SSSR count). The third-order valence-electron chi connectivity index (χ3n) is 4.97. The van der Waals surface area contributed by atoms with E-state index in [1.165, 1.54) is 0 Å². The molecule has 0 aliphatic heterocycles. The van der Waals surface area contributed by atoms with Crippen LogP contribution in [0.3, 0.4) is 0 Å². The van der Waals surface area contributed by atoms with E-state index < -0.39 is 0 Å². The lowest BCUT2D eigenvalue weighted by molar-refractivity contribution is -0.118. The van der Waals surface area contributed by atoms with E-state index in [-0.39, 0.29) is 18.1 Å². The Bertz CT molecular complexity index is 1110. The average molecular weight is 367 g/mol. The average Bonchev–Trinajstić information content (AvgIpc) is 3.22. The summed E-state index contributed by atoms with van der Waals surface area (Å²) < 4.78 is 12.8. The largest absolute Gasteiger partial charge is 0.483 e. The first-order chi connectivity index (χ1) is 12.9. The van der Waals surface area contributed by atoms with Gasteiger partial charge in [-0.3, -0.25) is 9.48 Å². The second-order valence-corrected chi connectivity index (χ2v) is 6.90. The van der Waals surface area contributed by atoms with E-state index in [4.69, 9.17) is 9.15 Å². The predicted molar refractivity (Wildman–Crippen MR) is 101 cm³/mol. The highest BCUT2D eigenvalue weighted by atomic mass is 16.5. The van der Waals surface area contributed by atoms with Crippen LogP contribution in [0.1, 0.15) is 28.8 Å². The number of nitrogens with zero attached hydrogens (tertiary/aromatic N) is 2. The molecule has 2 aromatic heterocycles. The molecule has 1 aliphatic rings. The van der Waals surface area contributed by atoms with Gasteiger partial charge in [-0.05, 0) is 50.8 Å². The third-order valence-corrected chi connectivity index (χ3v) is 4.97. The van der Waals surface area contributed by atoms with E-state index in [0.717, 1.165) is 47.0 Å². The van der Waals surface area contributed by atoms with Gasteiger partial charge in [0.15, 0.2) is 6.61 Å². The van der Waals surface area contributed by atoms with Crippen LogP contribution >= 0.6 is 0 Å². The predicted octanol–water partition coefficient (Wildman–Crippen LogP) is 2.65. The van der Waals surface area contributed by atoms with Gasteiger partial charge in [0.05, 0.1) is 5.69 Å². The number of hydrogen-bond acceptors (Lipinski definition) is 5. The molecule has 0 atom stereocenters. The Kier molecular flexibility index (Phi) is 4.22. The first-order valence-corrected chi connectivity index (χ1v) is 8.95. The van der Waals surface area contributed by atoms with Crippen LogP contribution in [0.15, 0.2) is 27.4 Å². The summed E-state index contributed by atoms with van der Waals surface area (Å²) in [5.74, 6) is 0.853. The number of ether oxygens (including phenoxy) is 1. The summed E-state index contributed by atoms with van der Waals surface area (Å²) in [6, 6.07) is 5.53. The van der Waals surface area contributed by atoms with E-state index in [9.17, 15) is 9.59 Å². The number of anilines is 1. The van der Waals surface area contributed by atoms with Crippen LogP contribution in [0.25, 0.3) is 11.0 Å². The van der Waals surface area contributed by atoms with Crippen LogP contribution in [0.4, 0.5) is 5.82 Å². The summed E-state index contributed by atoms with van der Waals surface area (Å²) in [7, 11) is 1.76. The van der Waals surface area contributed by atoms with Gasteiger partial charge in [0.1, 0.15) is 17.2 Å². The molecule has 2 heterocycles. The van der Waals surface area contributed by atoms with Crippen molar-refractivity contribution in [3.8, 4) is 5.75 Å². The molecule has 0 spiro atoms. The van der Waals surface area contributed by atoms with E-state index >= 15 is 0 Å². The van der Waals surface area contributed by atoms with E-state index in [1.807, 2.05) is 26.0 Å². The minimum atomic E-state index is -0.284. The Morgan fingerprint density at radius 1 is 1.30 bits per heavy atom. The van der Waals surface area contributed by atoms with Gasteiger partial charge in [-0.15, -0.1) is 0 Å². The summed E-state index contributed by atoms with van der Waals surface area (Å²) >= 11 is 0. The van der Waals surface area contributed by atoms with Crippen molar-refractivity contribution in [2.45, 2.75) is 33.1 Å². The first kappa shape index (κ1) is 17.3. The fourth-order valence-electron chi connectivity index (χ4n) is 3.67. The Hall–Kier alpha value is -3.09. The molecule has 0 unspecified atom stereocenters. The quantitative estimate of drug-likeness (QED) is 0.717. The van der Waals surface area contributed by atoms with Gasteiger partial charge in [0, 0.05) is 29.6 Å². The van der Waals surface area contributed by atoms with Gasteiger partial charge >= 0.3 is 5.63 Å². The van der Waals surface area contributed by atoms with Crippen LogP contribution in [-0.2, 0) is 24.7 Å². The maximum absolute atomic E-state index is 12.2. The molecular weight excluding hydrogens is 346 g/mol. The Morgan fingerprint density at radius 3 is 2.81 bits per heavy atom. The maximum Gasteiger partial charge on any atom is 0.339 e. The van der Waals surface area contributed by atoms with Gasteiger partial charge in [0.25, 0.3) is 5.91 Å². The highest BCUT2D eigenvalue weighted by Gasteiger charge is 2.21. The topological polar surface area (TPSA) is 86.4 Å². The van der Waals surface area contributed by atoms with Crippen LogP contribution in [0, 0.1) is 13.8 Å². The molecule has 3 aromatic rings. The summed E-state index contributed by atoms with van der Waals surface area (Å²) in [6.45, 7) is 3.55. The van der Waals surface area contributed by atoms with Gasteiger partial charge in [-0.2, -0.15) is 5.10 Å². The summed E-state index contributed by atoms with van der Waals surface area (Å²) in [5.41, 5.74) is 3.70. The van der Waals surface area contributed by atoms with Crippen molar-refractivity contribution in [1.82, 2.24) is 9.78 Å². The monoisotopic (exact) mass is 367 g/mol. The Balaban J connectivity index is 1.55. The third kappa shape index (κ3) is 3.09.